The van der Waals surface area contributed by atoms with Gasteiger partial charge in [-0.2, -0.15) is 0 Å². The number of carbonyl (C=O) groups is 1. The highest BCUT2D eigenvalue weighted by Crippen LogP contribution is 2.31. The Bertz CT molecular complexity index is 510. The highest BCUT2D eigenvalue weighted by molar-refractivity contribution is 7.98. The lowest BCUT2D eigenvalue weighted by Crippen LogP contribution is -2.46. The monoisotopic (exact) mass is 332 g/mol. The van der Waals surface area contributed by atoms with E-state index in [1.54, 1.807) is 12.1 Å². The Morgan fingerprint density at radius 2 is 2.15 bits per heavy atom. The van der Waals surface area contributed by atoms with Gasteiger partial charge in [0.05, 0.1) is 15.6 Å². The fraction of sp³-hybridized carbons (Fsp3) is 0.500. The van der Waals surface area contributed by atoms with Gasteiger partial charge < -0.3 is 10.6 Å². The van der Waals surface area contributed by atoms with Crippen LogP contribution in [-0.4, -0.2) is 30.8 Å². The zero-order valence-electron chi connectivity index (χ0n) is 11.5. The zero-order valence-corrected chi connectivity index (χ0v) is 13.8. The molecule has 1 fully saturated rings. The van der Waals surface area contributed by atoms with E-state index in [2.05, 4.69) is 17.6 Å². The molecule has 1 heterocycles. The van der Waals surface area contributed by atoms with Gasteiger partial charge in [0.25, 0.3) is 5.91 Å². The third kappa shape index (κ3) is 3.82. The molecule has 0 radical (unpaired) electrons. The third-order valence-electron chi connectivity index (χ3n) is 3.44. The normalized spacial score (nSPS) is 22.6. The van der Waals surface area contributed by atoms with Crippen molar-refractivity contribution < 1.29 is 4.79 Å². The second-order valence-corrected chi connectivity index (χ2v) is 6.68. The Morgan fingerprint density at radius 1 is 1.40 bits per heavy atom. The van der Waals surface area contributed by atoms with Crippen LogP contribution in [0.1, 0.15) is 30.1 Å². The van der Waals surface area contributed by atoms with Crippen molar-refractivity contribution in [3.63, 3.8) is 0 Å². The van der Waals surface area contributed by atoms with Crippen LogP contribution in [0.2, 0.25) is 10.0 Å². The van der Waals surface area contributed by atoms with Crippen LogP contribution in [0.25, 0.3) is 0 Å². The SMILES string of the molecule is CSc1cc(C(=O)NC2CCNC(C)C2)c(Cl)cc1Cl. The van der Waals surface area contributed by atoms with Crippen LogP contribution < -0.4 is 10.6 Å². The van der Waals surface area contributed by atoms with Crippen molar-refractivity contribution in [2.75, 3.05) is 12.8 Å². The molecule has 3 nitrogen and oxygen atoms in total. The van der Waals surface area contributed by atoms with Gasteiger partial charge in [-0.05, 0) is 44.7 Å². The fourth-order valence-corrected chi connectivity index (χ4v) is 3.58. The van der Waals surface area contributed by atoms with E-state index in [4.69, 9.17) is 23.2 Å². The van der Waals surface area contributed by atoms with Gasteiger partial charge in [-0.15, -0.1) is 11.8 Å². The van der Waals surface area contributed by atoms with Crippen LogP contribution in [-0.2, 0) is 0 Å². The molecular weight excluding hydrogens is 315 g/mol. The van der Waals surface area contributed by atoms with Crippen molar-refractivity contribution in [3.05, 3.63) is 27.7 Å². The Balaban J connectivity index is 2.12. The molecule has 2 N–H and O–H groups in total. The molecule has 0 bridgehead atoms. The summed E-state index contributed by atoms with van der Waals surface area (Å²) >= 11 is 13.7. The molecule has 0 saturated carbocycles. The summed E-state index contributed by atoms with van der Waals surface area (Å²) in [5.74, 6) is -0.124. The van der Waals surface area contributed by atoms with Gasteiger partial charge in [0, 0.05) is 17.0 Å². The smallest absolute Gasteiger partial charge is 0.253 e. The molecule has 2 unspecified atom stereocenters. The van der Waals surface area contributed by atoms with Crippen LogP contribution in [0.5, 0.6) is 0 Å². The number of rotatable bonds is 3. The molecule has 1 amide bonds. The first-order chi connectivity index (χ1) is 9.51. The molecule has 0 aromatic heterocycles. The lowest BCUT2D eigenvalue weighted by molar-refractivity contribution is 0.0925. The number of halogens is 2. The molecule has 1 aromatic carbocycles. The molecule has 1 aliphatic rings. The van der Waals surface area contributed by atoms with Crippen molar-refractivity contribution in [3.8, 4) is 0 Å². The lowest BCUT2D eigenvalue weighted by Gasteiger charge is -2.28. The average molecular weight is 333 g/mol. The van der Waals surface area contributed by atoms with Crippen molar-refractivity contribution in [1.29, 1.82) is 0 Å². The van der Waals surface area contributed by atoms with E-state index in [9.17, 15) is 4.79 Å². The summed E-state index contributed by atoms with van der Waals surface area (Å²) in [7, 11) is 0. The van der Waals surface area contributed by atoms with Gasteiger partial charge in [-0.1, -0.05) is 23.2 Å². The predicted molar refractivity (Wildman–Crippen MR) is 86.2 cm³/mol. The third-order valence-corrected chi connectivity index (χ3v) is 4.96. The fourth-order valence-electron chi connectivity index (χ4n) is 2.39. The summed E-state index contributed by atoms with van der Waals surface area (Å²) in [6.07, 6.45) is 3.80. The highest BCUT2D eigenvalue weighted by atomic mass is 35.5. The molecular formula is C14H18Cl2N2OS. The molecule has 0 aliphatic carbocycles. The summed E-state index contributed by atoms with van der Waals surface area (Å²) in [6.45, 7) is 3.05. The van der Waals surface area contributed by atoms with Crippen LogP contribution >= 0.6 is 35.0 Å². The number of hydrogen-bond donors (Lipinski definition) is 2. The Kier molecular flexibility index (Phi) is 5.61. The van der Waals surface area contributed by atoms with Gasteiger partial charge >= 0.3 is 0 Å². The maximum atomic E-state index is 12.4. The molecule has 6 heteroatoms. The summed E-state index contributed by atoms with van der Waals surface area (Å²) in [5.41, 5.74) is 0.492. The predicted octanol–water partition coefficient (Wildman–Crippen LogP) is 3.59. The number of benzene rings is 1. The highest BCUT2D eigenvalue weighted by Gasteiger charge is 2.22. The van der Waals surface area contributed by atoms with Crippen molar-refractivity contribution in [2.24, 2.45) is 0 Å². The quantitative estimate of drug-likeness (QED) is 0.831. The van der Waals surface area contributed by atoms with E-state index >= 15 is 0 Å². The van der Waals surface area contributed by atoms with E-state index < -0.39 is 0 Å². The van der Waals surface area contributed by atoms with Crippen molar-refractivity contribution in [1.82, 2.24) is 10.6 Å². The van der Waals surface area contributed by atoms with Crippen LogP contribution in [0.4, 0.5) is 0 Å². The van der Waals surface area contributed by atoms with E-state index in [0.717, 1.165) is 24.3 Å². The first-order valence-electron chi connectivity index (χ1n) is 6.58. The molecule has 1 aromatic rings. The molecule has 2 rings (SSSR count). The minimum atomic E-state index is -0.124. The van der Waals surface area contributed by atoms with Gasteiger partial charge in [-0.25, -0.2) is 0 Å². The van der Waals surface area contributed by atoms with Crippen LogP contribution in [0, 0.1) is 0 Å². The lowest BCUT2D eigenvalue weighted by atomic mass is 10.0. The van der Waals surface area contributed by atoms with E-state index in [1.165, 1.54) is 11.8 Å². The van der Waals surface area contributed by atoms with Crippen molar-refractivity contribution >= 4 is 40.9 Å². The number of amides is 1. The second kappa shape index (κ2) is 7.03. The molecule has 20 heavy (non-hydrogen) atoms. The number of hydrogen-bond acceptors (Lipinski definition) is 3. The van der Waals surface area contributed by atoms with Gasteiger partial charge in [0.1, 0.15) is 0 Å². The number of thioether (sulfide) groups is 1. The Labute approximate surface area is 133 Å². The summed E-state index contributed by atoms with van der Waals surface area (Å²) in [4.78, 5) is 13.2. The zero-order chi connectivity index (χ0) is 14.7. The van der Waals surface area contributed by atoms with E-state index in [-0.39, 0.29) is 11.9 Å². The Morgan fingerprint density at radius 3 is 2.80 bits per heavy atom. The number of nitrogens with one attached hydrogen (secondary N) is 2. The minimum Gasteiger partial charge on any atom is -0.349 e. The molecule has 110 valence electrons. The maximum Gasteiger partial charge on any atom is 0.253 e. The maximum absolute atomic E-state index is 12.4. The van der Waals surface area contributed by atoms with Crippen LogP contribution in [0.15, 0.2) is 17.0 Å². The van der Waals surface area contributed by atoms with Crippen LogP contribution in [0.3, 0.4) is 0 Å². The number of carbonyl (C=O) groups excluding carboxylic acids is 1. The number of piperidine rings is 1. The molecule has 2 atom stereocenters. The molecule has 0 spiro atoms. The van der Waals surface area contributed by atoms with Gasteiger partial charge in [0.15, 0.2) is 0 Å². The van der Waals surface area contributed by atoms with E-state index in [0.29, 0.717) is 21.7 Å². The summed E-state index contributed by atoms with van der Waals surface area (Å²) < 4.78 is 0. The molecule has 1 aliphatic heterocycles. The summed E-state index contributed by atoms with van der Waals surface area (Å²) in [6, 6.07) is 4.02. The minimum absolute atomic E-state index is 0.124. The average Bonchev–Trinajstić information content (AvgIpc) is 2.38. The van der Waals surface area contributed by atoms with Gasteiger partial charge in [-0.3, -0.25) is 4.79 Å². The Hall–Kier alpha value is -0.420. The van der Waals surface area contributed by atoms with Gasteiger partial charge in [0.2, 0.25) is 0 Å². The van der Waals surface area contributed by atoms with E-state index in [1.807, 2.05) is 6.26 Å². The molecule has 1 saturated heterocycles. The summed E-state index contributed by atoms with van der Waals surface area (Å²) in [5, 5.41) is 7.40. The largest absolute Gasteiger partial charge is 0.349 e. The first kappa shape index (κ1) is 16.0. The first-order valence-corrected chi connectivity index (χ1v) is 8.56. The van der Waals surface area contributed by atoms with Crippen molar-refractivity contribution in [2.45, 2.75) is 36.7 Å². The topological polar surface area (TPSA) is 41.1 Å². The standard InChI is InChI=1S/C14H18Cl2N2OS/c1-8-5-9(3-4-17-8)18-14(19)10-6-13(20-2)12(16)7-11(10)15/h6-9,17H,3-5H2,1-2H3,(H,18,19). The second-order valence-electron chi connectivity index (χ2n) is 5.02.